The first-order valence-electron chi connectivity index (χ1n) is 7.64. The molecular formula is C17H25Cl2N. The third-order valence-electron chi connectivity index (χ3n) is 5.05. The van der Waals surface area contributed by atoms with Gasteiger partial charge in [0.05, 0.1) is 15.7 Å². The molecule has 0 radical (unpaired) electrons. The summed E-state index contributed by atoms with van der Waals surface area (Å²) in [6.45, 7) is 7.10. The fourth-order valence-corrected chi connectivity index (χ4v) is 3.65. The van der Waals surface area contributed by atoms with Crippen LogP contribution in [-0.2, 0) is 0 Å². The normalized spacial score (nSPS) is 23.6. The van der Waals surface area contributed by atoms with E-state index in [0.717, 1.165) is 11.6 Å². The molecule has 0 amide bonds. The largest absolute Gasteiger partial charge is 0.380 e. The molecule has 1 aromatic rings. The van der Waals surface area contributed by atoms with Crippen LogP contribution in [0.15, 0.2) is 18.2 Å². The van der Waals surface area contributed by atoms with Gasteiger partial charge in [-0.3, -0.25) is 0 Å². The Hall–Kier alpha value is -0.400. The lowest BCUT2D eigenvalue weighted by molar-refractivity contribution is 0.147. The number of benzene rings is 1. The second-order valence-corrected chi connectivity index (χ2v) is 7.45. The second kappa shape index (κ2) is 6.58. The minimum atomic E-state index is 0.465. The molecule has 1 aliphatic rings. The molecule has 3 heteroatoms. The molecule has 1 fully saturated rings. The molecule has 0 unspecified atom stereocenters. The molecule has 20 heavy (non-hydrogen) atoms. The van der Waals surface area contributed by atoms with Gasteiger partial charge in [0, 0.05) is 6.04 Å². The quantitative estimate of drug-likeness (QED) is 0.678. The Labute approximate surface area is 133 Å². The summed E-state index contributed by atoms with van der Waals surface area (Å²) in [5.74, 6) is 0.840. The molecule has 1 N–H and O–H groups in total. The summed E-state index contributed by atoms with van der Waals surface area (Å²) in [5.41, 5.74) is 1.36. The molecule has 1 aliphatic carbocycles. The maximum absolute atomic E-state index is 6.23. The smallest absolute Gasteiger partial charge is 0.0721 e. The van der Waals surface area contributed by atoms with Crippen LogP contribution in [0.2, 0.25) is 10.0 Å². The van der Waals surface area contributed by atoms with Crippen molar-refractivity contribution < 1.29 is 0 Å². The minimum Gasteiger partial charge on any atom is -0.380 e. The molecule has 0 bridgehead atoms. The van der Waals surface area contributed by atoms with Crippen molar-refractivity contribution in [1.29, 1.82) is 0 Å². The van der Waals surface area contributed by atoms with Gasteiger partial charge in [-0.25, -0.2) is 0 Å². The van der Waals surface area contributed by atoms with Crippen LogP contribution >= 0.6 is 23.2 Å². The molecule has 0 aliphatic heterocycles. The van der Waals surface area contributed by atoms with E-state index in [9.17, 15) is 0 Å². The number of para-hydroxylation sites is 1. The molecule has 2 rings (SSSR count). The predicted molar refractivity (Wildman–Crippen MR) is 89.9 cm³/mol. The van der Waals surface area contributed by atoms with E-state index in [1.165, 1.54) is 32.1 Å². The van der Waals surface area contributed by atoms with Crippen LogP contribution in [0, 0.1) is 11.3 Å². The van der Waals surface area contributed by atoms with E-state index in [2.05, 4.69) is 26.1 Å². The first kappa shape index (κ1) is 16.0. The van der Waals surface area contributed by atoms with Gasteiger partial charge in [0.25, 0.3) is 0 Å². The number of nitrogens with one attached hydrogen (secondary N) is 1. The highest BCUT2D eigenvalue weighted by atomic mass is 35.5. The zero-order valence-corrected chi connectivity index (χ0v) is 14.2. The fourth-order valence-electron chi connectivity index (χ4n) is 3.15. The maximum atomic E-state index is 6.23. The van der Waals surface area contributed by atoms with Crippen LogP contribution < -0.4 is 5.32 Å². The van der Waals surface area contributed by atoms with E-state index in [1.54, 1.807) is 0 Å². The molecule has 0 aromatic heterocycles. The average molecular weight is 314 g/mol. The third-order valence-corrected chi connectivity index (χ3v) is 5.68. The van der Waals surface area contributed by atoms with E-state index < -0.39 is 0 Å². The average Bonchev–Trinajstić information content (AvgIpc) is 2.43. The van der Waals surface area contributed by atoms with Gasteiger partial charge in [-0.15, -0.1) is 0 Å². The van der Waals surface area contributed by atoms with Crippen LogP contribution in [0.5, 0.6) is 0 Å². The van der Waals surface area contributed by atoms with E-state index >= 15 is 0 Å². The summed E-state index contributed by atoms with van der Waals surface area (Å²) in [5, 5.41) is 4.98. The number of rotatable bonds is 4. The minimum absolute atomic E-state index is 0.465. The predicted octanol–water partition coefficient (Wildman–Crippen LogP) is 6.40. The highest BCUT2D eigenvalue weighted by molar-refractivity contribution is 6.39. The number of hydrogen-bond donors (Lipinski definition) is 1. The Morgan fingerprint density at radius 3 is 2.15 bits per heavy atom. The Bertz CT molecular complexity index is 428. The molecule has 1 aromatic carbocycles. The molecule has 0 atom stereocenters. The van der Waals surface area contributed by atoms with Gasteiger partial charge in [0.15, 0.2) is 0 Å². The van der Waals surface area contributed by atoms with Crippen molar-refractivity contribution in [2.45, 2.75) is 58.9 Å². The lowest BCUT2D eigenvalue weighted by Gasteiger charge is -2.39. The first-order chi connectivity index (χ1) is 9.44. The summed E-state index contributed by atoms with van der Waals surface area (Å²) in [6, 6.07) is 6.16. The summed E-state index contributed by atoms with van der Waals surface area (Å²) >= 11 is 12.5. The monoisotopic (exact) mass is 313 g/mol. The maximum Gasteiger partial charge on any atom is 0.0721 e. The van der Waals surface area contributed by atoms with E-state index in [4.69, 9.17) is 23.2 Å². The van der Waals surface area contributed by atoms with Crippen molar-refractivity contribution in [3.05, 3.63) is 28.2 Å². The zero-order valence-electron chi connectivity index (χ0n) is 12.7. The molecule has 0 spiro atoms. The fraction of sp³-hybridized carbons (Fsp3) is 0.647. The van der Waals surface area contributed by atoms with Crippen LogP contribution in [0.1, 0.15) is 52.9 Å². The van der Waals surface area contributed by atoms with Crippen LogP contribution in [-0.4, -0.2) is 6.04 Å². The SMILES string of the molecule is CCC(C)(C)C1CCC(Nc2c(Cl)cccc2Cl)CC1. The van der Waals surface area contributed by atoms with Gasteiger partial charge in [-0.1, -0.05) is 56.5 Å². The van der Waals surface area contributed by atoms with Crippen molar-refractivity contribution in [3.8, 4) is 0 Å². The lowest BCUT2D eigenvalue weighted by Crippen LogP contribution is -2.32. The van der Waals surface area contributed by atoms with E-state index in [-0.39, 0.29) is 0 Å². The molecule has 0 saturated heterocycles. The first-order valence-corrected chi connectivity index (χ1v) is 8.40. The standard InChI is InChI=1S/C17H25Cl2N/c1-4-17(2,3)12-8-10-13(11-9-12)20-16-14(18)6-5-7-15(16)19/h5-7,12-13,20H,4,8-11H2,1-3H3. The number of anilines is 1. The second-order valence-electron chi connectivity index (χ2n) is 6.63. The van der Waals surface area contributed by atoms with Crippen molar-refractivity contribution in [2.75, 3.05) is 5.32 Å². The Morgan fingerprint density at radius 1 is 1.10 bits per heavy atom. The Balaban J connectivity index is 1.95. The zero-order chi connectivity index (χ0) is 14.8. The number of halogens is 2. The summed E-state index contributed by atoms with van der Waals surface area (Å²) < 4.78 is 0. The highest BCUT2D eigenvalue weighted by Crippen LogP contribution is 2.41. The van der Waals surface area contributed by atoms with Gasteiger partial charge in [-0.05, 0) is 49.1 Å². The summed E-state index contributed by atoms with van der Waals surface area (Å²) in [7, 11) is 0. The Kier molecular flexibility index (Phi) is 5.25. The number of hydrogen-bond acceptors (Lipinski definition) is 1. The third kappa shape index (κ3) is 3.62. The molecular weight excluding hydrogens is 289 g/mol. The van der Waals surface area contributed by atoms with Crippen molar-refractivity contribution in [2.24, 2.45) is 11.3 Å². The van der Waals surface area contributed by atoms with E-state index in [1.807, 2.05) is 18.2 Å². The highest BCUT2D eigenvalue weighted by Gasteiger charge is 2.31. The molecule has 1 saturated carbocycles. The van der Waals surface area contributed by atoms with Crippen LogP contribution in [0.3, 0.4) is 0 Å². The van der Waals surface area contributed by atoms with Crippen LogP contribution in [0.4, 0.5) is 5.69 Å². The van der Waals surface area contributed by atoms with Gasteiger partial charge < -0.3 is 5.32 Å². The van der Waals surface area contributed by atoms with Crippen LogP contribution in [0.25, 0.3) is 0 Å². The topological polar surface area (TPSA) is 12.0 Å². The van der Waals surface area contributed by atoms with Gasteiger partial charge >= 0.3 is 0 Å². The molecule has 0 heterocycles. The van der Waals surface area contributed by atoms with Gasteiger partial charge in [0.2, 0.25) is 0 Å². The van der Waals surface area contributed by atoms with Crippen molar-refractivity contribution >= 4 is 28.9 Å². The van der Waals surface area contributed by atoms with Gasteiger partial charge in [-0.2, -0.15) is 0 Å². The Morgan fingerprint density at radius 2 is 1.65 bits per heavy atom. The molecule has 112 valence electrons. The lowest BCUT2D eigenvalue weighted by atomic mass is 9.69. The van der Waals surface area contributed by atoms with Crippen molar-refractivity contribution in [3.63, 3.8) is 0 Å². The van der Waals surface area contributed by atoms with Crippen molar-refractivity contribution in [1.82, 2.24) is 0 Å². The van der Waals surface area contributed by atoms with E-state index in [0.29, 0.717) is 21.5 Å². The molecule has 1 nitrogen and oxygen atoms in total. The summed E-state index contributed by atoms with van der Waals surface area (Å²) in [6.07, 6.45) is 6.25. The van der Waals surface area contributed by atoms with Gasteiger partial charge in [0.1, 0.15) is 0 Å². The summed E-state index contributed by atoms with van der Waals surface area (Å²) in [4.78, 5) is 0.